The Bertz CT molecular complexity index is 573. The van der Waals surface area contributed by atoms with Gasteiger partial charge in [0.15, 0.2) is 0 Å². The van der Waals surface area contributed by atoms with Gasteiger partial charge in [-0.15, -0.1) is 0 Å². The molecule has 1 saturated heterocycles. The lowest BCUT2D eigenvalue weighted by molar-refractivity contribution is -0.137. The molecule has 0 unspecified atom stereocenters. The lowest BCUT2D eigenvalue weighted by atomic mass is 9.88. The van der Waals surface area contributed by atoms with Crippen LogP contribution >= 0.6 is 11.3 Å². The summed E-state index contributed by atoms with van der Waals surface area (Å²) in [6, 6.07) is 2.04. The Morgan fingerprint density at radius 3 is 2.58 bits per heavy atom. The van der Waals surface area contributed by atoms with Gasteiger partial charge in [-0.05, 0) is 43.0 Å². The standard InChI is InChI=1S/C21H32N2O2S/c1-2-5-17(14-16-6-3-4-7-16)21(25)23-11-8-19(9-12-23)22-20(24)18-10-13-26-15-18/h10,13,15-17,19H,2-9,11-12,14H2,1H3,(H,22,24)/t17-/m1/s1. The van der Waals surface area contributed by atoms with Crippen molar-refractivity contribution in [1.82, 2.24) is 10.2 Å². The molecule has 3 rings (SSSR count). The summed E-state index contributed by atoms with van der Waals surface area (Å²) in [5.41, 5.74) is 0.744. The van der Waals surface area contributed by atoms with Crippen molar-refractivity contribution in [2.75, 3.05) is 13.1 Å². The van der Waals surface area contributed by atoms with Crippen LogP contribution < -0.4 is 5.32 Å². The maximum absolute atomic E-state index is 13.0. The number of thiophene rings is 1. The Morgan fingerprint density at radius 1 is 1.23 bits per heavy atom. The molecule has 2 amide bonds. The van der Waals surface area contributed by atoms with E-state index in [1.54, 1.807) is 11.3 Å². The number of carbonyl (C=O) groups excluding carboxylic acids is 2. The molecule has 2 fully saturated rings. The second-order valence-corrected chi connectivity index (χ2v) is 8.74. The molecule has 144 valence electrons. The predicted molar refractivity (Wildman–Crippen MR) is 106 cm³/mol. The van der Waals surface area contributed by atoms with Gasteiger partial charge in [0.25, 0.3) is 5.91 Å². The number of piperidine rings is 1. The van der Waals surface area contributed by atoms with E-state index in [9.17, 15) is 9.59 Å². The summed E-state index contributed by atoms with van der Waals surface area (Å²) >= 11 is 1.54. The Labute approximate surface area is 161 Å². The normalized spacial score (nSPS) is 20.3. The van der Waals surface area contributed by atoms with E-state index < -0.39 is 0 Å². The van der Waals surface area contributed by atoms with Crippen molar-refractivity contribution in [2.45, 2.75) is 70.8 Å². The van der Waals surface area contributed by atoms with E-state index in [-0.39, 0.29) is 17.9 Å². The minimum absolute atomic E-state index is 0.0149. The van der Waals surface area contributed by atoms with Gasteiger partial charge < -0.3 is 10.2 Å². The molecule has 1 aromatic rings. The lowest BCUT2D eigenvalue weighted by Crippen LogP contribution is -2.48. The van der Waals surface area contributed by atoms with Gasteiger partial charge in [-0.2, -0.15) is 11.3 Å². The average molecular weight is 377 g/mol. The van der Waals surface area contributed by atoms with Crippen LogP contribution in [0.5, 0.6) is 0 Å². The highest BCUT2D eigenvalue weighted by Crippen LogP contribution is 2.32. The van der Waals surface area contributed by atoms with Gasteiger partial charge in [-0.25, -0.2) is 0 Å². The summed E-state index contributed by atoms with van der Waals surface area (Å²) < 4.78 is 0. The minimum Gasteiger partial charge on any atom is -0.349 e. The summed E-state index contributed by atoms with van der Waals surface area (Å²) in [5.74, 6) is 1.35. The second-order valence-electron chi connectivity index (χ2n) is 7.96. The summed E-state index contributed by atoms with van der Waals surface area (Å²) in [5, 5.41) is 6.93. The van der Waals surface area contributed by atoms with Crippen molar-refractivity contribution >= 4 is 23.2 Å². The number of likely N-dealkylation sites (tertiary alicyclic amines) is 1. The number of nitrogens with one attached hydrogen (secondary N) is 1. The van der Waals surface area contributed by atoms with Gasteiger partial charge in [-0.3, -0.25) is 9.59 Å². The Balaban J connectivity index is 1.47. The average Bonchev–Trinajstić information content (AvgIpc) is 3.35. The van der Waals surface area contributed by atoms with Crippen LogP contribution in [-0.2, 0) is 4.79 Å². The second kappa shape index (κ2) is 9.54. The maximum Gasteiger partial charge on any atom is 0.252 e. The van der Waals surface area contributed by atoms with Crippen molar-refractivity contribution in [1.29, 1.82) is 0 Å². The smallest absolute Gasteiger partial charge is 0.252 e. The van der Waals surface area contributed by atoms with Crippen molar-refractivity contribution in [2.24, 2.45) is 11.8 Å². The zero-order chi connectivity index (χ0) is 18.4. The molecule has 4 nitrogen and oxygen atoms in total. The molecule has 0 spiro atoms. The monoisotopic (exact) mass is 376 g/mol. The molecular formula is C21H32N2O2S. The minimum atomic E-state index is 0.0149. The summed E-state index contributed by atoms with van der Waals surface area (Å²) in [6.07, 6.45) is 10.2. The highest BCUT2D eigenvalue weighted by molar-refractivity contribution is 7.08. The number of carbonyl (C=O) groups is 2. The van der Waals surface area contributed by atoms with E-state index in [4.69, 9.17) is 0 Å². The molecule has 0 bridgehead atoms. The largest absolute Gasteiger partial charge is 0.349 e. The van der Waals surface area contributed by atoms with Gasteiger partial charge in [0.05, 0.1) is 0 Å². The van der Waals surface area contributed by atoms with Gasteiger partial charge in [0, 0.05) is 36.0 Å². The number of rotatable bonds is 7. The number of nitrogens with zero attached hydrogens (tertiary/aromatic N) is 1. The fraction of sp³-hybridized carbons (Fsp3) is 0.714. The zero-order valence-electron chi connectivity index (χ0n) is 15.9. The topological polar surface area (TPSA) is 49.4 Å². The third-order valence-corrected chi connectivity index (χ3v) is 6.69. The molecule has 5 heteroatoms. The first-order valence-electron chi connectivity index (χ1n) is 10.3. The highest BCUT2D eigenvalue weighted by Gasteiger charge is 2.30. The van der Waals surface area contributed by atoms with E-state index in [1.807, 2.05) is 16.8 Å². The van der Waals surface area contributed by atoms with Gasteiger partial charge in [-0.1, -0.05) is 39.0 Å². The molecule has 1 saturated carbocycles. The van der Waals surface area contributed by atoms with E-state index >= 15 is 0 Å². The fourth-order valence-electron chi connectivity index (χ4n) is 4.50. The molecule has 0 radical (unpaired) electrons. The Hall–Kier alpha value is -1.36. The third kappa shape index (κ3) is 5.09. The molecular weight excluding hydrogens is 344 g/mol. The van der Waals surface area contributed by atoms with Crippen molar-refractivity contribution in [3.8, 4) is 0 Å². The quantitative estimate of drug-likeness (QED) is 0.763. The first kappa shape index (κ1) is 19.4. The summed E-state index contributed by atoms with van der Waals surface area (Å²) in [7, 11) is 0. The van der Waals surface area contributed by atoms with Crippen LogP contribution in [-0.4, -0.2) is 35.8 Å². The number of hydrogen-bond donors (Lipinski definition) is 1. The van der Waals surface area contributed by atoms with Crippen LogP contribution in [0.2, 0.25) is 0 Å². The van der Waals surface area contributed by atoms with Crippen LogP contribution in [0.25, 0.3) is 0 Å². The van der Waals surface area contributed by atoms with Crippen molar-refractivity contribution < 1.29 is 9.59 Å². The van der Waals surface area contributed by atoms with Crippen LogP contribution in [0.3, 0.4) is 0 Å². The highest BCUT2D eigenvalue weighted by atomic mass is 32.1. The van der Waals surface area contributed by atoms with Crippen LogP contribution in [0, 0.1) is 11.8 Å². The van der Waals surface area contributed by atoms with Crippen molar-refractivity contribution in [3.05, 3.63) is 22.4 Å². The summed E-state index contributed by atoms with van der Waals surface area (Å²) in [4.78, 5) is 27.3. The van der Waals surface area contributed by atoms with E-state index in [0.29, 0.717) is 5.91 Å². The molecule has 1 atom stereocenters. The molecule has 2 heterocycles. The molecule has 0 aromatic carbocycles. The molecule has 26 heavy (non-hydrogen) atoms. The SMILES string of the molecule is CCC[C@H](CC1CCCC1)C(=O)N1CCC(NC(=O)c2ccsc2)CC1. The van der Waals surface area contributed by atoms with Crippen molar-refractivity contribution in [3.63, 3.8) is 0 Å². The first-order chi connectivity index (χ1) is 12.7. The van der Waals surface area contributed by atoms with Gasteiger partial charge in [0.1, 0.15) is 0 Å². The fourth-order valence-corrected chi connectivity index (χ4v) is 5.14. The summed E-state index contributed by atoms with van der Waals surface area (Å²) in [6.45, 7) is 3.73. The third-order valence-electron chi connectivity index (χ3n) is 6.00. The van der Waals surface area contributed by atoms with Gasteiger partial charge >= 0.3 is 0 Å². The maximum atomic E-state index is 13.0. The molecule has 1 aliphatic carbocycles. The first-order valence-corrected chi connectivity index (χ1v) is 11.2. The van der Waals surface area contributed by atoms with Gasteiger partial charge in [0.2, 0.25) is 5.91 Å². The van der Waals surface area contributed by atoms with Crippen LogP contribution in [0.1, 0.15) is 75.1 Å². The Kier molecular flexibility index (Phi) is 7.12. The number of amides is 2. The lowest BCUT2D eigenvalue weighted by Gasteiger charge is -2.35. The molecule has 1 N–H and O–H groups in total. The molecule has 1 aromatic heterocycles. The molecule has 2 aliphatic rings. The van der Waals surface area contributed by atoms with E-state index in [1.165, 1.54) is 25.7 Å². The molecule has 1 aliphatic heterocycles. The Morgan fingerprint density at radius 2 is 1.96 bits per heavy atom. The van der Waals surface area contributed by atoms with Crippen LogP contribution in [0.15, 0.2) is 16.8 Å². The van der Waals surface area contributed by atoms with E-state index in [2.05, 4.69) is 17.1 Å². The predicted octanol–water partition coefficient (Wildman–Crippen LogP) is 4.47. The van der Waals surface area contributed by atoms with E-state index in [0.717, 1.165) is 56.7 Å². The number of hydrogen-bond acceptors (Lipinski definition) is 3. The van der Waals surface area contributed by atoms with Crippen LogP contribution in [0.4, 0.5) is 0 Å². The zero-order valence-corrected chi connectivity index (χ0v) is 16.7.